The highest BCUT2D eigenvalue weighted by Gasteiger charge is 2.41. The molecule has 0 radical (unpaired) electrons. The number of rotatable bonds is 1. The zero-order valence-electron chi connectivity index (χ0n) is 17.3. The monoisotopic (exact) mass is 375 g/mol. The van der Waals surface area contributed by atoms with Crippen LogP contribution < -0.4 is 15.6 Å². The summed E-state index contributed by atoms with van der Waals surface area (Å²) in [5, 5.41) is 8.10. The van der Waals surface area contributed by atoms with E-state index in [4.69, 9.17) is 10.5 Å². The highest BCUT2D eigenvalue weighted by molar-refractivity contribution is 5.75. The molecular weight excluding hydrogens is 344 g/mol. The van der Waals surface area contributed by atoms with Crippen LogP contribution in [0.5, 0.6) is 0 Å². The predicted octanol–water partition coefficient (Wildman–Crippen LogP) is 1.87. The molecule has 1 aliphatic rings. The Labute approximate surface area is 160 Å². The Morgan fingerprint density at radius 3 is 2.70 bits per heavy atom. The van der Waals surface area contributed by atoms with Gasteiger partial charge in [-0.2, -0.15) is 5.10 Å². The van der Waals surface area contributed by atoms with E-state index >= 15 is 0 Å². The van der Waals surface area contributed by atoms with E-state index in [-0.39, 0.29) is 24.3 Å². The Bertz CT molecular complexity index is 869. The van der Waals surface area contributed by atoms with E-state index in [2.05, 4.69) is 10.4 Å². The maximum atomic E-state index is 12.8. The SMILES string of the molecule is Cc1cc(N)[n+](C2NC[C@@H](C)N(C(=O)OC(C)(C)C)[C@H]2C)c2cn(C)nc12. The summed E-state index contributed by atoms with van der Waals surface area (Å²) in [6, 6.07) is 1.80. The average Bonchev–Trinajstić information content (AvgIpc) is 2.89. The first-order chi connectivity index (χ1) is 12.5. The van der Waals surface area contributed by atoms with Gasteiger partial charge in [0, 0.05) is 25.7 Å². The normalized spacial score (nSPS) is 23.7. The number of nitrogens with two attached hydrogens (primary N) is 1. The van der Waals surface area contributed by atoms with Gasteiger partial charge in [0.2, 0.25) is 0 Å². The Kier molecular flexibility index (Phi) is 4.80. The van der Waals surface area contributed by atoms with Gasteiger partial charge < -0.3 is 4.74 Å². The van der Waals surface area contributed by atoms with Gasteiger partial charge in [-0.25, -0.2) is 9.36 Å². The highest BCUT2D eigenvalue weighted by atomic mass is 16.6. The number of hydrogen-bond donors (Lipinski definition) is 2. The van der Waals surface area contributed by atoms with Gasteiger partial charge in [-0.3, -0.25) is 20.6 Å². The number of nitrogen functional groups attached to an aromatic ring is 1. The van der Waals surface area contributed by atoms with Crippen molar-refractivity contribution in [2.24, 2.45) is 7.05 Å². The van der Waals surface area contributed by atoms with E-state index in [1.165, 1.54) is 0 Å². The molecule has 0 bridgehead atoms. The fraction of sp³-hybridized carbons (Fsp3) is 0.632. The van der Waals surface area contributed by atoms with Gasteiger partial charge in [-0.1, -0.05) is 0 Å². The Hall–Kier alpha value is -2.35. The average molecular weight is 375 g/mol. The molecule has 0 spiro atoms. The molecule has 8 heteroatoms. The lowest BCUT2D eigenvalue weighted by Crippen LogP contribution is -2.67. The molecule has 27 heavy (non-hydrogen) atoms. The summed E-state index contributed by atoms with van der Waals surface area (Å²) in [5.74, 6) is 0.635. The minimum absolute atomic E-state index is 0.0164. The lowest BCUT2D eigenvalue weighted by Gasteiger charge is -2.43. The third-order valence-corrected chi connectivity index (χ3v) is 4.96. The van der Waals surface area contributed by atoms with Crippen molar-refractivity contribution in [1.82, 2.24) is 20.0 Å². The van der Waals surface area contributed by atoms with Crippen molar-refractivity contribution in [2.45, 2.75) is 65.4 Å². The summed E-state index contributed by atoms with van der Waals surface area (Å²) in [6.45, 7) is 12.3. The quantitative estimate of drug-likeness (QED) is 0.743. The fourth-order valence-corrected chi connectivity index (χ4v) is 3.82. The molecule has 0 aromatic carbocycles. The molecule has 2 aromatic heterocycles. The van der Waals surface area contributed by atoms with Crippen molar-refractivity contribution >= 4 is 22.9 Å². The first kappa shape index (κ1) is 19.4. The number of amides is 1. The number of aromatic nitrogens is 3. The van der Waals surface area contributed by atoms with E-state index < -0.39 is 5.60 Å². The van der Waals surface area contributed by atoms with Crippen molar-refractivity contribution in [2.75, 3.05) is 12.3 Å². The second-order valence-corrected chi connectivity index (χ2v) is 8.49. The second-order valence-electron chi connectivity index (χ2n) is 8.49. The van der Waals surface area contributed by atoms with Gasteiger partial charge in [-0.15, -0.1) is 0 Å². The number of carbonyl (C=O) groups excluding carboxylic acids is 1. The number of piperazine rings is 1. The molecule has 148 valence electrons. The van der Waals surface area contributed by atoms with E-state index in [0.717, 1.165) is 16.6 Å². The van der Waals surface area contributed by atoms with E-state index in [1.54, 1.807) is 9.58 Å². The number of nitrogens with zero attached hydrogens (tertiary/aromatic N) is 4. The molecular formula is C19H31N6O2+. The van der Waals surface area contributed by atoms with Crippen LogP contribution >= 0.6 is 0 Å². The maximum Gasteiger partial charge on any atom is 0.411 e. The topological polar surface area (TPSA) is 89.3 Å². The number of anilines is 1. The van der Waals surface area contributed by atoms with Crippen LogP contribution in [0.3, 0.4) is 0 Å². The summed E-state index contributed by atoms with van der Waals surface area (Å²) >= 11 is 0. The van der Waals surface area contributed by atoms with Gasteiger partial charge in [0.05, 0.1) is 12.2 Å². The Balaban J connectivity index is 2.03. The van der Waals surface area contributed by atoms with Gasteiger partial charge in [0.25, 0.3) is 5.82 Å². The lowest BCUT2D eigenvalue weighted by molar-refractivity contribution is -0.697. The number of aryl methyl sites for hydroxylation is 2. The van der Waals surface area contributed by atoms with Crippen LogP contribution in [0.1, 0.15) is 46.3 Å². The van der Waals surface area contributed by atoms with Crippen LogP contribution in [0.15, 0.2) is 12.3 Å². The highest BCUT2D eigenvalue weighted by Crippen LogP contribution is 2.25. The Morgan fingerprint density at radius 1 is 1.41 bits per heavy atom. The summed E-state index contributed by atoms with van der Waals surface area (Å²) < 4.78 is 9.46. The van der Waals surface area contributed by atoms with Crippen LogP contribution in [0, 0.1) is 6.92 Å². The van der Waals surface area contributed by atoms with Crippen LogP contribution in [-0.4, -0.2) is 45.0 Å². The molecule has 0 saturated carbocycles. The minimum atomic E-state index is -0.538. The summed E-state index contributed by atoms with van der Waals surface area (Å²) in [4.78, 5) is 14.6. The molecule has 8 nitrogen and oxygen atoms in total. The first-order valence-corrected chi connectivity index (χ1v) is 9.38. The molecule has 3 heterocycles. The number of fused-ring (bicyclic) bond motifs is 1. The largest absolute Gasteiger partial charge is 0.444 e. The van der Waals surface area contributed by atoms with Gasteiger partial charge in [0.15, 0.2) is 11.7 Å². The number of pyridine rings is 1. The molecule has 1 saturated heterocycles. The first-order valence-electron chi connectivity index (χ1n) is 9.38. The molecule has 3 atom stereocenters. The van der Waals surface area contributed by atoms with Gasteiger partial charge in [-0.05, 0) is 47.1 Å². The number of hydrogen-bond acceptors (Lipinski definition) is 5. The van der Waals surface area contributed by atoms with Crippen molar-refractivity contribution in [3.8, 4) is 0 Å². The molecule has 1 aliphatic heterocycles. The van der Waals surface area contributed by atoms with Crippen LogP contribution in [0.4, 0.5) is 10.6 Å². The van der Waals surface area contributed by atoms with E-state index in [0.29, 0.717) is 12.4 Å². The summed E-state index contributed by atoms with van der Waals surface area (Å²) in [7, 11) is 1.90. The standard InChI is InChI=1S/C19H30N6O2/c1-11-8-15(20)25(14-10-23(7)22-16(11)14)17-13(3)24(12(2)9-21-17)18(26)27-19(4,5)6/h8,10,12-13,17,20-21H,9H2,1-7H3/p+1/t12-,13+,17?/m1/s1. The summed E-state index contributed by atoms with van der Waals surface area (Å²) in [6.07, 6.45) is 1.48. The molecule has 2 aromatic rings. The minimum Gasteiger partial charge on any atom is -0.444 e. The van der Waals surface area contributed by atoms with Gasteiger partial charge in [0.1, 0.15) is 11.1 Å². The molecule has 3 rings (SSSR count). The lowest BCUT2D eigenvalue weighted by atomic mass is 10.1. The van der Waals surface area contributed by atoms with Crippen molar-refractivity contribution in [3.63, 3.8) is 0 Å². The van der Waals surface area contributed by atoms with Crippen LogP contribution in [-0.2, 0) is 11.8 Å². The van der Waals surface area contributed by atoms with E-state index in [1.807, 2.05) is 65.4 Å². The van der Waals surface area contributed by atoms with Crippen LogP contribution in [0.2, 0.25) is 0 Å². The number of ether oxygens (including phenoxy) is 1. The van der Waals surface area contributed by atoms with Gasteiger partial charge >= 0.3 is 6.09 Å². The number of nitrogens with one attached hydrogen (secondary N) is 1. The number of carbonyl (C=O) groups is 1. The van der Waals surface area contributed by atoms with E-state index in [9.17, 15) is 4.79 Å². The second kappa shape index (κ2) is 6.67. The van der Waals surface area contributed by atoms with Crippen LogP contribution in [0.25, 0.3) is 11.0 Å². The molecule has 3 N–H and O–H groups in total. The molecule has 0 aliphatic carbocycles. The maximum absolute atomic E-state index is 12.8. The molecule has 1 unspecified atom stereocenters. The fourth-order valence-electron chi connectivity index (χ4n) is 3.82. The van der Waals surface area contributed by atoms with Crippen molar-refractivity contribution in [1.29, 1.82) is 0 Å². The Morgan fingerprint density at radius 2 is 2.07 bits per heavy atom. The summed E-state index contributed by atoms with van der Waals surface area (Å²) in [5.41, 5.74) is 8.74. The van der Waals surface area contributed by atoms with Crippen molar-refractivity contribution in [3.05, 3.63) is 17.8 Å². The zero-order chi connectivity index (χ0) is 20.1. The van der Waals surface area contributed by atoms with Crippen molar-refractivity contribution < 1.29 is 14.1 Å². The predicted molar refractivity (Wildman–Crippen MR) is 104 cm³/mol. The smallest absolute Gasteiger partial charge is 0.411 e. The molecule has 1 amide bonds. The third-order valence-electron chi connectivity index (χ3n) is 4.96. The third kappa shape index (κ3) is 3.58. The zero-order valence-corrected chi connectivity index (χ0v) is 17.3. The molecule has 1 fully saturated rings.